The Kier molecular flexibility index (Phi) is 44.4. The van der Waals surface area contributed by atoms with Crippen molar-refractivity contribution in [1.82, 2.24) is 0 Å². The predicted molar refractivity (Wildman–Crippen MR) is 251 cm³/mol. The maximum Gasteiger partial charge on any atom is 0.472 e. The molecule has 0 aromatic heterocycles. The molecule has 10 nitrogen and oxygen atoms in total. The lowest BCUT2D eigenvalue weighted by Crippen LogP contribution is -2.29. The van der Waals surface area contributed by atoms with Crippen LogP contribution in [0.2, 0.25) is 0 Å². The number of phosphoric ester groups is 1. The van der Waals surface area contributed by atoms with E-state index < -0.39 is 51.8 Å². The number of unbranched alkanes of at least 4 members (excludes halogenated alkanes) is 25. The predicted octanol–water partition coefficient (Wildman–Crippen LogP) is 13.7. The van der Waals surface area contributed by atoms with E-state index >= 15 is 0 Å². The first kappa shape index (κ1) is 58.9. The zero-order chi connectivity index (χ0) is 44.8. The molecule has 0 aromatic rings. The first-order chi connectivity index (χ1) is 29.7. The SMILES string of the molecule is CCCCCC/C=C/C=C/CCCCCCCC(=O)OC[C@H](COP(=O)(O)OC[C@@H](O)CO)OC(=O)CCC/C=C/CC/C=C/CCCCCCCCCCCCCCCC. The van der Waals surface area contributed by atoms with Crippen molar-refractivity contribution in [3.8, 4) is 0 Å². The minimum absolute atomic E-state index is 0.121. The summed E-state index contributed by atoms with van der Waals surface area (Å²) in [5.41, 5.74) is 0. The molecule has 0 saturated heterocycles. The van der Waals surface area contributed by atoms with Crippen LogP contribution in [-0.2, 0) is 32.7 Å². The Hall–Kier alpha value is -2.07. The highest BCUT2D eigenvalue weighted by molar-refractivity contribution is 7.47. The number of hydrogen-bond donors (Lipinski definition) is 3. The Balaban J connectivity index is 4.26. The van der Waals surface area contributed by atoms with Gasteiger partial charge in [0.05, 0.1) is 19.8 Å². The Morgan fingerprint density at radius 2 is 0.885 bits per heavy atom. The maximum absolute atomic E-state index is 12.6. The lowest BCUT2D eigenvalue weighted by molar-refractivity contribution is -0.161. The maximum atomic E-state index is 12.6. The summed E-state index contributed by atoms with van der Waals surface area (Å²) in [6, 6.07) is 0. The second-order valence-corrected chi connectivity index (χ2v) is 18.0. The van der Waals surface area contributed by atoms with Gasteiger partial charge in [0.25, 0.3) is 0 Å². The van der Waals surface area contributed by atoms with Gasteiger partial charge in [-0.2, -0.15) is 0 Å². The molecule has 0 aliphatic rings. The fraction of sp³-hybridized carbons (Fsp3) is 0.800. The van der Waals surface area contributed by atoms with Crippen molar-refractivity contribution in [2.75, 3.05) is 26.4 Å². The Bertz CT molecular complexity index is 1150. The van der Waals surface area contributed by atoms with Crippen molar-refractivity contribution in [2.24, 2.45) is 0 Å². The molecule has 0 saturated carbocycles. The van der Waals surface area contributed by atoms with Gasteiger partial charge < -0.3 is 24.6 Å². The van der Waals surface area contributed by atoms with E-state index in [1.54, 1.807) is 0 Å². The third-order valence-electron chi connectivity index (χ3n) is 10.5. The number of ether oxygens (including phenoxy) is 2. The molecule has 1 unspecified atom stereocenters. The highest BCUT2D eigenvalue weighted by Gasteiger charge is 2.27. The van der Waals surface area contributed by atoms with Crippen LogP contribution in [0.15, 0.2) is 48.6 Å². The van der Waals surface area contributed by atoms with Crippen molar-refractivity contribution in [3.63, 3.8) is 0 Å². The molecule has 0 aliphatic heterocycles. The van der Waals surface area contributed by atoms with Crippen LogP contribution in [0, 0.1) is 0 Å². The Labute approximate surface area is 373 Å². The molecule has 0 radical (unpaired) electrons. The monoisotopic (exact) mass is 883 g/mol. The van der Waals surface area contributed by atoms with Crippen molar-refractivity contribution in [1.29, 1.82) is 0 Å². The highest BCUT2D eigenvalue weighted by Crippen LogP contribution is 2.43. The fourth-order valence-corrected chi connectivity index (χ4v) is 7.44. The van der Waals surface area contributed by atoms with Crippen LogP contribution in [0.3, 0.4) is 0 Å². The van der Waals surface area contributed by atoms with E-state index in [0.29, 0.717) is 19.3 Å². The second kappa shape index (κ2) is 45.9. The molecule has 356 valence electrons. The lowest BCUT2D eigenvalue weighted by atomic mass is 10.0. The average Bonchev–Trinajstić information content (AvgIpc) is 3.25. The van der Waals surface area contributed by atoms with E-state index in [4.69, 9.17) is 23.6 Å². The number of allylic oxidation sites excluding steroid dienone is 8. The van der Waals surface area contributed by atoms with Gasteiger partial charge in [-0.15, -0.1) is 0 Å². The molecular formula is C50H91O10P. The zero-order valence-electron chi connectivity index (χ0n) is 38.9. The molecule has 0 fully saturated rings. The van der Waals surface area contributed by atoms with Gasteiger partial charge in [0.15, 0.2) is 6.10 Å². The molecule has 0 rings (SSSR count). The molecule has 0 spiro atoms. The summed E-state index contributed by atoms with van der Waals surface area (Å²) < 4.78 is 32.7. The quantitative estimate of drug-likeness (QED) is 0.0177. The summed E-state index contributed by atoms with van der Waals surface area (Å²) in [5.74, 6) is -0.989. The molecule has 61 heavy (non-hydrogen) atoms. The molecular weight excluding hydrogens is 792 g/mol. The van der Waals surface area contributed by atoms with E-state index in [2.05, 4.69) is 62.5 Å². The van der Waals surface area contributed by atoms with Gasteiger partial charge in [-0.25, -0.2) is 4.57 Å². The van der Waals surface area contributed by atoms with Crippen LogP contribution in [0.5, 0.6) is 0 Å². The van der Waals surface area contributed by atoms with Crippen molar-refractivity contribution < 1.29 is 47.8 Å². The zero-order valence-corrected chi connectivity index (χ0v) is 39.8. The summed E-state index contributed by atoms with van der Waals surface area (Å²) in [5, 5.41) is 18.4. The Morgan fingerprint density at radius 1 is 0.492 bits per heavy atom. The van der Waals surface area contributed by atoms with Crippen molar-refractivity contribution in [2.45, 2.75) is 232 Å². The first-order valence-electron chi connectivity index (χ1n) is 24.6. The summed E-state index contributed by atoms with van der Waals surface area (Å²) >= 11 is 0. The van der Waals surface area contributed by atoms with Gasteiger partial charge in [0.2, 0.25) is 0 Å². The van der Waals surface area contributed by atoms with Crippen LogP contribution in [0.1, 0.15) is 219 Å². The molecule has 0 aliphatic carbocycles. The van der Waals surface area contributed by atoms with Gasteiger partial charge in [0.1, 0.15) is 12.7 Å². The number of aliphatic hydroxyl groups excluding tert-OH is 2. The van der Waals surface area contributed by atoms with E-state index in [1.807, 2.05) is 0 Å². The minimum Gasteiger partial charge on any atom is -0.462 e. The largest absolute Gasteiger partial charge is 0.472 e. The van der Waals surface area contributed by atoms with Crippen LogP contribution >= 0.6 is 7.82 Å². The molecule has 0 heterocycles. The number of carbonyl (C=O) groups excluding carboxylic acids is 2. The lowest BCUT2D eigenvalue weighted by Gasteiger charge is -2.20. The molecule has 3 atom stereocenters. The highest BCUT2D eigenvalue weighted by atomic mass is 31.2. The fourth-order valence-electron chi connectivity index (χ4n) is 6.65. The minimum atomic E-state index is -4.64. The van der Waals surface area contributed by atoms with Gasteiger partial charge in [-0.3, -0.25) is 18.6 Å². The van der Waals surface area contributed by atoms with E-state index in [0.717, 1.165) is 57.8 Å². The van der Waals surface area contributed by atoms with E-state index in [9.17, 15) is 24.2 Å². The van der Waals surface area contributed by atoms with E-state index in [-0.39, 0.29) is 19.4 Å². The van der Waals surface area contributed by atoms with Crippen LogP contribution in [0.25, 0.3) is 0 Å². The number of aliphatic hydroxyl groups is 2. The number of phosphoric acid groups is 1. The standard InChI is InChI=1S/C50H91O10P/c1-3-5-7-9-11-13-15-17-19-20-21-22-23-24-25-26-28-30-32-34-36-38-40-42-50(54)60-48(46-59-61(55,56)58-44-47(52)43-51)45-57-49(53)41-39-37-35-33-31-29-27-18-16-14-12-10-8-6-4-2/h14,16,18,26-28,34,36,47-48,51-52H,3-13,15,17,19-25,29-33,35,37-46H2,1-2H3,(H,55,56)/b16-14+,27-18+,28-26+,36-34+/t47-,48+/m0/s1. The van der Waals surface area contributed by atoms with Gasteiger partial charge in [-0.1, -0.05) is 184 Å². The summed E-state index contributed by atoms with van der Waals surface area (Å²) in [7, 11) is -4.64. The smallest absolute Gasteiger partial charge is 0.462 e. The summed E-state index contributed by atoms with van der Waals surface area (Å²) in [6.07, 6.45) is 50.9. The second-order valence-electron chi connectivity index (χ2n) is 16.5. The van der Waals surface area contributed by atoms with Gasteiger partial charge >= 0.3 is 19.8 Å². The number of hydrogen-bond acceptors (Lipinski definition) is 9. The van der Waals surface area contributed by atoms with Crippen molar-refractivity contribution in [3.05, 3.63) is 48.6 Å². The van der Waals surface area contributed by atoms with E-state index in [1.165, 1.54) is 116 Å². The topological polar surface area (TPSA) is 149 Å². The normalized spacial score (nSPS) is 14.1. The third kappa shape index (κ3) is 45.8. The summed E-state index contributed by atoms with van der Waals surface area (Å²) in [6.45, 7) is 2.32. The van der Waals surface area contributed by atoms with Gasteiger partial charge in [-0.05, 0) is 70.6 Å². The molecule has 3 N–H and O–H groups in total. The third-order valence-corrected chi connectivity index (χ3v) is 11.4. The average molecular weight is 883 g/mol. The number of esters is 2. The van der Waals surface area contributed by atoms with Crippen LogP contribution in [-0.4, -0.2) is 65.7 Å². The summed E-state index contributed by atoms with van der Waals surface area (Å²) in [4.78, 5) is 35.1. The molecule has 11 heteroatoms. The van der Waals surface area contributed by atoms with Gasteiger partial charge in [0, 0.05) is 12.8 Å². The number of carbonyl (C=O) groups is 2. The van der Waals surface area contributed by atoms with Crippen molar-refractivity contribution >= 4 is 19.8 Å². The molecule has 0 amide bonds. The first-order valence-corrected chi connectivity index (χ1v) is 26.1. The molecule has 0 bridgehead atoms. The van der Waals surface area contributed by atoms with Crippen LogP contribution < -0.4 is 0 Å². The van der Waals surface area contributed by atoms with Crippen LogP contribution in [0.4, 0.5) is 0 Å². The Morgan fingerprint density at radius 3 is 1.39 bits per heavy atom. The number of rotatable bonds is 46. The molecule has 0 aromatic carbocycles.